The summed E-state index contributed by atoms with van der Waals surface area (Å²) in [4.78, 5) is 10.6. The molecule has 0 saturated heterocycles. The van der Waals surface area contributed by atoms with Crippen LogP contribution < -0.4 is 5.73 Å². The van der Waals surface area contributed by atoms with Gasteiger partial charge < -0.3 is 15.9 Å². The number of carbonyl (C=O) groups is 1. The number of nitrogens with zero attached hydrogens (tertiary/aromatic N) is 1. The van der Waals surface area contributed by atoms with Gasteiger partial charge in [-0.3, -0.25) is 0 Å². The second-order valence-corrected chi connectivity index (χ2v) is 5.68. The lowest BCUT2D eigenvalue weighted by Crippen LogP contribution is -2.33. The van der Waals surface area contributed by atoms with E-state index in [1.54, 1.807) is 6.92 Å². The van der Waals surface area contributed by atoms with Gasteiger partial charge in [-0.2, -0.15) is 4.31 Å². The van der Waals surface area contributed by atoms with E-state index in [0.717, 1.165) is 16.4 Å². The highest BCUT2D eigenvalue weighted by Crippen LogP contribution is 2.23. The molecule has 0 spiro atoms. The van der Waals surface area contributed by atoms with Crippen molar-refractivity contribution in [3.05, 3.63) is 23.8 Å². The molecule has 4 N–H and O–H groups in total. The van der Waals surface area contributed by atoms with Gasteiger partial charge >= 0.3 is 5.97 Å². The second kappa shape index (κ2) is 6.00. The Balaban J connectivity index is 3.25. The summed E-state index contributed by atoms with van der Waals surface area (Å²) < 4.78 is 25.6. The number of hydrogen-bond donors (Lipinski definition) is 3. The number of likely N-dealkylation sites (N-methyl/N-ethyl adjacent to an activating group) is 1. The highest BCUT2D eigenvalue weighted by atomic mass is 32.2. The molecule has 0 fully saturated rings. The topological polar surface area (TPSA) is 121 Å². The number of carboxylic acids is 1. The zero-order valence-corrected chi connectivity index (χ0v) is 11.2. The molecule has 1 aromatic carbocycles. The molecule has 1 aromatic rings. The summed E-state index contributed by atoms with van der Waals surface area (Å²) in [6, 6.07) is 3.44. The molecule has 0 unspecified atom stereocenters. The summed E-state index contributed by atoms with van der Waals surface area (Å²) in [5.41, 5.74) is 5.39. The standard InChI is InChI=1S/C11H16N2O5S/c1-2-13(5-6-14)19(17,18)10-4-3-8(11(15)16)7-9(10)12/h3-4,7,14H,2,5-6,12H2,1H3,(H,15,16). The van der Waals surface area contributed by atoms with Crippen molar-refractivity contribution in [2.45, 2.75) is 11.8 Å². The molecule has 0 bridgehead atoms. The fourth-order valence-corrected chi connectivity index (χ4v) is 3.15. The SMILES string of the molecule is CCN(CCO)S(=O)(=O)c1ccc(C(=O)O)cc1N. The van der Waals surface area contributed by atoms with Crippen molar-refractivity contribution < 1.29 is 23.4 Å². The van der Waals surface area contributed by atoms with Crippen LogP contribution in [0.1, 0.15) is 17.3 Å². The largest absolute Gasteiger partial charge is 0.478 e. The summed E-state index contributed by atoms with van der Waals surface area (Å²) in [5.74, 6) is -1.18. The van der Waals surface area contributed by atoms with Crippen LogP contribution in [0.5, 0.6) is 0 Å². The van der Waals surface area contributed by atoms with Gasteiger partial charge in [-0.1, -0.05) is 6.92 Å². The number of aromatic carboxylic acids is 1. The fourth-order valence-electron chi connectivity index (χ4n) is 1.62. The van der Waals surface area contributed by atoms with Crippen LogP contribution in [0.25, 0.3) is 0 Å². The van der Waals surface area contributed by atoms with Crippen molar-refractivity contribution >= 4 is 21.7 Å². The number of hydrogen-bond acceptors (Lipinski definition) is 5. The first-order chi connectivity index (χ1) is 8.84. The maximum absolute atomic E-state index is 12.2. The van der Waals surface area contributed by atoms with Crippen LogP contribution in [-0.2, 0) is 10.0 Å². The minimum atomic E-state index is -3.83. The van der Waals surface area contributed by atoms with E-state index in [2.05, 4.69) is 0 Å². The summed E-state index contributed by atoms with van der Waals surface area (Å²) in [6.07, 6.45) is 0. The Labute approximate surface area is 111 Å². The minimum Gasteiger partial charge on any atom is -0.478 e. The van der Waals surface area contributed by atoms with E-state index in [1.807, 2.05) is 0 Å². The molecule has 0 heterocycles. The van der Waals surface area contributed by atoms with Gasteiger partial charge in [0, 0.05) is 13.1 Å². The first-order valence-corrected chi connectivity index (χ1v) is 7.02. The highest BCUT2D eigenvalue weighted by molar-refractivity contribution is 7.89. The summed E-state index contributed by atoms with van der Waals surface area (Å²) in [5, 5.41) is 17.6. The fraction of sp³-hybridized carbons (Fsp3) is 0.364. The zero-order valence-electron chi connectivity index (χ0n) is 10.4. The molecule has 19 heavy (non-hydrogen) atoms. The lowest BCUT2D eigenvalue weighted by Gasteiger charge is -2.20. The molecule has 7 nitrogen and oxygen atoms in total. The van der Waals surface area contributed by atoms with E-state index in [9.17, 15) is 13.2 Å². The Morgan fingerprint density at radius 1 is 1.42 bits per heavy atom. The average Bonchev–Trinajstić information content (AvgIpc) is 2.35. The molecule has 0 saturated carbocycles. The van der Waals surface area contributed by atoms with E-state index in [0.29, 0.717) is 0 Å². The number of nitrogen functional groups attached to an aromatic ring is 1. The molecule has 0 atom stereocenters. The Morgan fingerprint density at radius 2 is 2.05 bits per heavy atom. The summed E-state index contributed by atoms with van der Waals surface area (Å²) in [6.45, 7) is 1.47. The van der Waals surface area contributed by atoms with E-state index in [1.165, 1.54) is 6.07 Å². The molecule has 8 heteroatoms. The van der Waals surface area contributed by atoms with E-state index >= 15 is 0 Å². The number of benzene rings is 1. The first-order valence-electron chi connectivity index (χ1n) is 5.58. The monoisotopic (exact) mass is 288 g/mol. The zero-order chi connectivity index (χ0) is 14.6. The number of carboxylic acid groups (broad SMARTS) is 1. The van der Waals surface area contributed by atoms with E-state index in [-0.39, 0.29) is 35.8 Å². The summed E-state index contributed by atoms with van der Waals surface area (Å²) >= 11 is 0. The van der Waals surface area contributed by atoms with Gasteiger partial charge in [0.25, 0.3) is 0 Å². The van der Waals surface area contributed by atoms with E-state index in [4.69, 9.17) is 15.9 Å². The van der Waals surface area contributed by atoms with Crippen molar-refractivity contribution in [3.8, 4) is 0 Å². The Morgan fingerprint density at radius 3 is 2.47 bits per heavy atom. The molecular formula is C11H16N2O5S. The van der Waals surface area contributed by atoms with Crippen LogP contribution >= 0.6 is 0 Å². The highest BCUT2D eigenvalue weighted by Gasteiger charge is 2.25. The van der Waals surface area contributed by atoms with Crippen molar-refractivity contribution in [3.63, 3.8) is 0 Å². The van der Waals surface area contributed by atoms with Crippen molar-refractivity contribution in [2.75, 3.05) is 25.4 Å². The van der Waals surface area contributed by atoms with Crippen molar-refractivity contribution in [2.24, 2.45) is 0 Å². The van der Waals surface area contributed by atoms with E-state index < -0.39 is 16.0 Å². The van der Waals surface area contributed by atoms with Crippen LogP contribution in [0.15, 0.2) is 23.1 Å². The Kier molecular flexibility index (Phi) is 4.87. The third-order valence-electron chi connectivity index (χ3n) is 2.58. The predicted octanol–water partition coefficient (Wildman–Crippen LogP) is -0.0301. The average molecular weight is 288 g/mol. The van der Waals surface area contributed by atoms with Crippen LogP contribution in [0.4, 0.5) is 5.69 Å². The van der Waals surface area contributed by atoms with Crippen molar-refractivity contribution in [1.29, 1.82) is 0 Å². The quantitative estimate of drug-likeness (QED) is 0.632. The lowest BCUT2D eigenvalue weighted by atomic mass is 10.2. The molecule has 1 rings (SSSR count). The molecular weight excluding hydrogens is 272 g/mol. The molecule has 0 radical (unpaired) electrons. The molecule has 0 aliphatic heterocycles. The number of aliphatic hydroxyl groups is 1. The van der Waals surface area contributed by atoms with Gasteiger partial charge in [0.2, 0.25) is 10.0 Å². The normalized spacial score (nSPS) is 11.7. The van der Waals surface area contributed by atoms with Gasteiger partial charge in [0.05, 0.1) is 17.9 Å². The molecule has 0 aliphatic carbocycles. The smallest absolute Gasteiger partial charge is 0.335 e. The lowest BCUT2D eigenvalue weighted by molar-refractivity contribution is 0.0697. The van der Waals surface area contributed by atoms with Crippen LogP contribution in [0.2, 0.25) is 0 Å². The maximum Gasteiger partial charge on any atom is 0.335 e. The number of nitrogens with two attached hydrogens (primary N) is 1. The van der Waals surface area contributed by atoms with Gasteiger partial charge in [0.15, 0.2) is 0 Å². The van der Waals surface area contributed by atoms with Gasteiger partial charge in [0.1, 0.15) is 4.90 Å². The Bertz CT molecular complexity index is 570. The minimum absolute atomic E-state index is 0.0427. The number of anilines is 1. The van der Waals surface area contributed by atoms with Crippen LogP contribution in [-0.4, -0.2) is 48.6 Å². The third kappa shape index (κ3) is 3.22. The Hall–Kier alpha value is -1.64. The first kappa shape index (κ1) is 15.4. The predicted molar refractivity (Wildman–Crippen MR) is 69.3 cm³/mol. The van der Waals surface area contributed by atoms with Gasteiger partial charge in [-0.05, 0) is 18.2 Å². The summed E-state index contributed by atoms with van der Waals surface area (Å²) in [7, 11) is -3.83. The number of aliphatic hydroxyl groups excluding tert-OH is 1. The second-order valence-electron chi connectivity index (χ2n) is 3.78. The molecule has 106 valence electrons. The van der Waals surface area contributed by atoms with Gasteiger partial charge in [-0.15, -0.1) is 0 Å². The molecule has 0 aromatic heterocycles. The van der Waals surface area contributed by atoms with Gasteiger partial charge in [-0.25, -0.2) is 13.2 Å². The number of sulfonamides is 1. The molecule has 0 aliphatic rings. The van der Waals surface area contributed by atoms with Crippen LogP contribution in [0, 0.1) is 0 Å². The molecule has 0 amide bonds. The number of rotatable bonds is 6. The van der Waals surface area contributed by atoms with Crippen LogP contribution in [0.3, 0.4) is 0 Å². The third-order valence-corrected chi connectivity index (χ3v) is 4.62. The maximum atomic E-state index is 12.2. The van der Waals surface area contributed by atoms with Crippen molar-refractivity contribution in [1.82, 2.24) is 4.31 Å².